The topological polar surface area (TPSA) is 95.6 Å². The van der Waals surface area contributed by atoms with Crippen LogP contribution in [0.3, 0.4) is 0 Å². The van der Waals surface area contributed by atoms with Gasteiger partial charge in [-0.1, -0.05) is 43.3 Å². The molecule has 0 heterocycles. The van der Waals surface area contributed by atoms with Gasteiger partial charge in [-0.15, -0.1) is 6.58 Å². The zero-order valence-corrected chi connectivity index (χ0v) is 17.3. The molecular formula is C21H25N3O4S. The molecule has 2 N–H and O–H groups in total. The Morgan fingerprint density at radius 3 is 2.31 bits per heavy atom. The van der Waals surface area contributed by atoms with E-state index in [-0.39, 0.29) is 24.4 Å². The average molecular weight is 416 g/mol. The monoisotopic (exact) mass is 415 g/mol. The van der Waals surface area contributed by atoms with E-state index in [9.17, 15) is 18.0 Å². The number of anilines is 2. The summed E-state index contributed by atoms with van der Waals surface area (Å²) < 4.78 is 26.0. The summed E-state index contributed by atoms with van der Waals surface area (Å²) in [6.07, 6.45) is 2.86. The zero-order valence-electron chi connectivity index (χ0n) is 16.5. The first-order valence-electron chi connectivity index (χ1n) is 9.13. The molecule has 0 radical (unpaired) electrons. The average Bonchev–Trinajstić information content (AvgIpc) is 2.70. The van der Waals surface area contributed by atoms with Crippen molar-refractivity contribution in [2.45, 2.75) is 19.4 Å². The fourth-order valence-corrected chi connectivity index (χ4v) is 4.11. The number of para-hydroxylation sites is 2. The molecule has 154 valence electrons. The van der Waals surface area contributed by atoms with E-state index in [0.717, 1.165) is 10.6 Å². The summed E-state index contributed by atoms with van der Waals surface area (Å²) in [6.45, 7) is 5.57. The number of rotatable bonds is 9. The second-order valence-corrected chi connectivity index (χ2v) is 8.21. The predicted octanol–water partition coefficient (Wildman–Crippen LogP) is 2.79. The summed E-state index contributed by atoms with van der Waals surface area (Å²) >= 11 is 0. The molecule has 1 atom stereocenters. The molecule has 2 aromatic carbocycles. The number of sulfonamides is 1. The van der Waals surface area contributed by atoms with Crippen LogP contribution >= 0.6 is 0 Å². The van der Waals surface area contributed by atoms with E-state index in [1.54, 1.807) is 67.6 Å². The van der Waals surface area contributed by atoms with Gasteiger partial charge in [0.05, 0.1) is 23.2 Å². The van der Waals surface area contributed by atoms with Crippen molar-refractivity contribution in [1.82, 2.24) is 5.32 Å². The molecule has 0 aliphatic heterocycles. The molecule has 0 saturated heterocycles. The minimum atomic E-state index is -3.72. The second kappa shape index (κ2) is 9.88. The number of carbonyl (C=O) groups is 2. The number of nitrogens with one attached hydrogen (secondary N) is 2. The van der Waals surface area contributed by atoms with Crippen molar-refractivity contribution < 1.29 is 18.0 Å². The van der Waals surface area contributed by atoms with Gasteiger partial charge >= 0.3 is 0 Å². The van der Waals surface area contributed by atoms with E-state index in [1.165, 1.54) is 0 Å². The summed E-state index contributed by atoms with van der Waals surface area (Å²) in [5.41, 5.74) is 0.983. The third-order valence-electron chi connectivity index (χ3n) is 4.18. The molecule has 0 aliphatic rings. The molecule has 0 saturated carbocycles. The first kappa shape index (κ1) is 22.2. The van der Waals surface area contributed by atoms with E-state index in [1.807, 2.05) is 0 Å². The lowest BCUT2D eigenvalue weighted by Gasteiger charge is -2.30. The van der Waals surface area contributed by atoms with Gasteiger partial charge in [-0.25, -0.2) is 8.42 Å². The highest BCUT2D eigenvalue weighted by molar-refractivity contribution is 7.92. The van der Waals surface area contributed by atoms with Crippen LogP contribution < -0.4 is 14.9 Å². The van der Waals surface area contributed by atoms with Crippen molar-refractivity contribution >= 4 is 33.2 Å². The minimum Gasteiger partial charge on any atom is -0.349 e. The maximum Gasteiger partial charge on any atom is 0.253 e. The molecule has 2 aromatic rings. The molecule has 0 aliphatic carbocycles. The molecule has 0 fully saturated rings. The van der Waals surface area contributed by atoms with E-state index >= 15 is 0 Å². The molecule has 8 heteroatoms. The summed E-state index contributed by atoms with van der Waals surface area (Å²) in [7, 11) is -3.72. The molecular weight excluding hydrogens is 390 g/mol. The van der Waals surface area contributed by atoms with Crippen molar-refractivity contribution in [3.63, 3.8) is 0 Å². The van der Waals surface area contributed by atoms with E-state index < -0.39 is 22.0 Å². The van der Waals surface area contributed by atoms with Gasteiger partial charge in [-0.3, -0.25) is 13.9 Å². The molecule has 2 rings (SSSR count). The summed E-state index contributed by atoms with van der Waals surface area (Å²) in [5, 5.41) is 5.37. The minimum absolute atomic E-state index is 0.249. The highest BCUT2D eigenvalue weighted by Crippen LogP contribution is 2.23. The fourth-order valence-electron chi connectivity index (χ4n) is 2.90. The van der Waals surface area contributed by atoms with Gasteiger partial charge in [0.1, 0.15) is 6.04 Å². The van der Waals surface area contributed by atoms with Crippen LogP contribution in [0.25, 0.3) is 0 Å². The first-order chi connectivity index (χ1) is 13.8. The number of amides is 2. The van der Waals surface area contributed by atoms with E-state index in [4.69, 9.17) is 0 Å². The normalized spacial score (nSPS) is 11.9. The van der Waals surface area contributed by atoms with Crippen LogP contribution in [-0.4, -0.2) is 39.1 Å². The molecule has 0 unspecified atom stereocenters. The molecule has 2 amide bonds. The zero-order chi connectivity index (χ0) is 21.4. The predicted molar refractivity (Wildman–Crippen MR) is 115 cm³/mol. The number of benzene rings is 2. The molecule has 0 bridgehead atoms. The number of hydrogen-bond acceptors (Lipinski definition) is 4. The quantitative estimate of drug-likeness (QED) is 0.616. The second-order valence-electron chi connectivity index (χ2n) is 6.35. The Bertz CT molecular complexity index is 974. The van der Waals surface area contributed by atoms with Crippen molar-refractivity contribution in [2.75, 3.05) is 22.4 Å². The Morgan fingerprint density at radius 2 is 1.72 bits per heavy atom. The smallest absolute Gasteiger partial charge is 0.253 e. The maximum absolute atomic E-state index is 13.0. The van der Waals surface area contributed by atoms with Gasteiger partial charge < -0.3 is 10.6 Å². The van der Waals surface area contributed by atoms with Crippen LogP contribution in [0.2, 0.25) is 0 Å². The van der Waals surface area contributed by atoms with E-state index in [0.29, 0.717) is 11.4 Å². The lowest BCUT2D eigenvalue weighted by Crippen LogP contribution is -2.47. The Kier molecular flexibility index (Phi) is 7.55. The third kappa shape index (κ3) is 5.68. The highest BCUT2D eigenvalue weighted by atomic mass is 32.2. The molecule has 7 nitrogen and oxygen atoms in total. The number of carbonyl (C=O) groups excluding carboxylic acids is 2. The fraction of sp³-hybridized carbons (Fsp3) is 0.238. The molecule has 0 aromatic heterocycles. The van der Waals surface area contributed by atoms with Crippen LogP contribution in [0, 0.1) is 0 Å². The van der Waals surface area contributed by atoms with Gasteiger partial charge in [0.25, 0.3) is 5.91 Å². The Balaban J connectivity index is 2.35. The van der Waals surface area contributed by atoms with Crippen LogP contribution in [0.5, 0.6) is 0 Å². The number of nitrogens with zero attached hydrogens (tertiary/aromatic N) is 1. The number of hydrogen-bond donors (Lipinski definition) is 2. The van der Waals surface area contributed by atoms with Crippen LogP contribution in [0.15, 0.2) is 67.3 Å². The lowest BCUT2D eigenvalue weighted by molar-refractivity contribution is -0.117. The van der Waals surface area contributed by atoms with Crippen LogP contribution in [-0.2, 0) is 14.8 Å². The van der Waals surface area contributed by atoms with Gasteiger partial charge in [-0.05, 0) is 30.7 Å². The molecule has 29 heavy (non-hydrogen) atoms. The SMILES string of the molecule is C=CCNC(=O)c1ccccc1NC(=O)[C@@H](CC)N(c1ccccc1)S(C)(=O)=O. The van der Waals surface area contributed by atoms with Crippen molar-refractivity contribution in [3.05, 3.63) is 72.8 Å². The third-order valence-corrected chi connectivity index (χ3v) is 5.36. The summed E-state index contributed by atoms with van der Waals surface area (Å²) in [6, 6.07) is 14.0. The lowest BCUT2D eigenvalue weighted by atomic mass is 10.1. The van der Waals surface area contributed by atoms with Crippen molar-refractivity contribution in [1.29, 1.82) is 0 Å². The Labute approximate surface area is 171 Å². The van der Waals surface area contributed by atoms with Crippen LogP contribution in [0.1, 0.15) is 23.7 Å². The van der Waals surface area contributed by atoms with Gasteiger partial charge in [-0.2, -0.15) is 0 Å². The summed E-state index contributed by atoms with van der Waals surface area (Å²) in [4.78, 5) is 25.4. The van der Waals surface area contributed by atoms with Gasteiger partial charge in [0.15, 0.2) is 0 Å². The van der Waals surface area contributed by atoms with Crippen molar-refractivity contribution in [2.24, 2.45) is 0 Å². The Hall–Kier alpha value is -3.13. The Morgan fingerprint density at radius 1 is 1.10 bits per heavy atom. The molecule has 0 spiro atoms. The van der Waals surface area contributed by atoms with Crippen molar-refractivity contribution in [3.8, 4) is 0 Å². The van der Waals surface area contributed by atoms with E-state index in [2.05, 4.69) is 17.2 Å². The van der Waals surface area contributed by atoms with Crippen LogP contribution in [0.4, 0.5) is 11.4 Å². The largest absolute Gasteiger partial charge is 0.349 e. The standard InChI is InChI=1S/C21H25N3O4S/c1-4-15-22-20(25)17-13-9-10-14-18(17)23-21(26)19(5-2)24(29(3,27)28)16-11-7-6-8-12-16/h4,6-14,19H,1,5,15H2,2-3H3,(H,22,25)(H,23,26)/t19-/m1/s1. The summed E-state index contributed by atoms with van der Waals surface area (Å²) in [5.74, 6) is -0.886. The van der Waals surface area contributed by atoms with Gasteiger partial charge in [0.2, 0.25) is 15.9 Å². The maximum atomic E-state index is 13.0. The van der Waals surface area contributed by atoms with Gasteiger partial charge in [0, 0.05) is 6.54 Å². The first-order valence-corrected chi connectivity index (χ1v) is 11.0. The highest BCUT2D eigenvalue weighted by Gasteiger charge is 2.31.